The van der Waals surface area contributed by atoms with Gasteiger partial charge in [0.05, 0.1) is 5.69 Å². The molecule has 0 aliphatic heterocycles. The van der Waals surface area contributed by atoms with Crippen LogP contribution in [0.25, 0.3) is 0 Å². The van der Waals surface area contributed by atoms with Gasteiger partial charge in [-0.15, -0.1) is 0 Å². The molecule has 2 unspecified atom stereocenters. The molecule has 0 amide bonds. The van der Waals surface area contributed by atoms with Crippen LogP contribution in [0.2, 0.25) is 0 Å². The molecule has 1 aliphatic rings. The third-order valence-corrected chi connectivity index (χ3v) is 4.31. The highest BCUT2D eigenvalue weighted by Crippen LogP contribution is 2.27. The van der Waals surface area contributed by atoms with Crippen LogP contribution in [0.3, 0.4) is 0 Å². The second kappa shape index (κ2) is 7.01. The topological polar surface area (TPSA) is 28.2 Å². The molecule has 1 aromatic rings. The van der Waals surface area contributed by atoms with Crippen molar-refractivity contribution in [1.29, 1.82) is 0 Å². The van der Waals surface area contributed by atoms with Gasteiger partial charge in [-0.05, 0) is 44.5 Å². The highest BCUT2D eigenvalue weighted by atomic mass is 15.1. The molecule has 0 aromatic carbocycles. The maximum Gasteiger partial charge on any atom is 0.0544 e. The maximum absolute atomic E-state index is 4.58. The summed E-state index contributed by atoms with van der Waals surface area (Å²) in [5.74, 6) is 0.822. The van der Waals surface area contributed by atoms with Crippen LogP contribution in [-0.4, -0.2) is 30.0 Å². The van der Waals surface area contributed by atoms with Crippen molar-refractivity contribution in [2.24, 2.45) is 5.92 Å². The molecule has 1 aromatic heterocycles. The molecule has 0 radical (unpaired) electrons. The Hall–Kier alpha value is -0.930. The van der Waals surface area contributed by atoms with Crippen LogP contribution in [0.5, 0.6) is 0 Å². The van der Waals surface area contributed by atoms with Gasteiger partial charge in [-0.3, -0.25) is 9.88 Å². The number of hydrogen-bond donors (Lipinski definition) is 1. The summed E-state index contributed by atoms with van der Waals surface area (Å²) in [7, 11) is 4.21. The molecule has 3 nitrogen and oxygen atoms in total. The molecule has 2 rings (SSSR count). The molecule has 1 heterocycles. The summed E-state index contributed by atoms with van der Waals surface area (Å²) in [4.78, 5) is 7.07. The van der Waals surface area contributed by atoms with E-state index >= 15 is 0 Å². The Balaban J connectivity index is 1.92. The third kappa shape index (κ3) is 4.02. The van der Waals surface area contributed by atoms with Gasteiger partial charge in [-0.1, -0.05) is 25.8 Å². The van der Waals surface area contributed by atoms with Crippen molar-refractivity contribution < 1.29 is 0 Å². The lowest BCUT2D eigenvalue weighted by atomic mass is 9.85. The average molecular weight is 261 g/mol. The molecule has 2 atom stereocenters. The first-order chi connectivity index (χ1) is 9.20. The molecular weight excluding hydrogens is 234 g/mol. The van der Waals surface area contributed by atoms with Gasteiger partial charge >= 0.3 is 0 Å². The zero-order valence-electron chi connectivity index (χ0n) is 12.5. The molecular formula is C16H27N3. The Labute approximate surface area is 117 Å². The fourth-order valence-corrected chi connectivity index (χ4v) is 3.18. The fourth-order valence-electron chi connectivity index (χ4n) is 3.18. The summed E-state index contributed by atoms with van der Waals surface area (Å²) in [5, 5.41) is 3.15. The Morgan fingerprint density at radius 2 is 2.11 bits per heavy atom. The number of rotatable bonds is 5. The minimum Gasteiger partial charge on any atom is -0.316 e. The van der Waals surface area contributed by atoms with E-state index in [4.69, 9.17) is 0 Å². The molecule has 1 aliphatic carbocycles. The normalized spacial score (nSPS) is 23.8. The number of nitrogens with zero attached hydrogens (tertiary/aromatic N) is 2. The van der Waals surface area contributed by atoms with Gasteiger partial charge in [-0.2, -0.15) is 0 Å². The van der Waals surface area contributed by atoms with Crippen molar-refractivity contribution in [3.63, 3.8) is 0 Å². The van der Waals surface area contributed by atoms with E-state index in [0.29, 0.717) is 0 Å². The van der Waals surface area contributed by atoms with E-state index in [2.05, 4.69) is 41.3 Å². The van der Waals surface area contributed by atoms with Gasteiger partial charge in [-0.25, -0.2) is 0 Å². The summed E-state index contributed by atoms with van der Waals surface area (Å²) >= 11 is 0. The lowest BCUT2D eigenvalue weighted by Crippen LogP contribution is -2.38. The predicted octanol–water partition coefficient (Wildman–Crippen LogP) is 2.81. The molecule has 0 bridgehead atoms. The second-order valence-electron chi connectivity index (χ2n) is 5.93. The van der Waals surface area contributed by atoms with E-state index in [1.54, 1.807) is 0 Å². The van der Waals surface area contributed by atoms with Crippen molar-refractivity contribution in [2.45, 2.75) is 51.7 Å². The van der Waals surface area contributed by atoms with Crippen molar-refractivity contribution in [1.82, 2.24) is 15.2 Å². The zero-order chi connectivity index (χ0) is 13.7. The molecule has 0 saturated heterocycles. The van der Waals surface area contributed by atoms with Gasteiger partial charge in [0.1, 0.15) is 0 Å². The smallest absolute Gasteiger partial charge is 0.0544 e. The van der Waals surface area contributed by atoms with Crippen LogP contribution in [-0.2, 0) is 13.1 Å². The zero-order valence-corrected chi connectivity index (χ0v) is 12.5. The SMILES string of the molecule is CNCc1ccc(CN(C)C2CCCCC2C)nc1. The summed E-state index contributed by atoms with van der Waals surface area (Å²) in [5.41, 5.74) is 2.43. The average Bonchev–Trinajstić information content (AvgIpc) is 2.42. The van der Waals surface area contributed by atoms with Crippen molar-refractivity contribution in [2.75, 3.05) is 14.1 Å². The molecule has 106 valence electrons. The number of hydrogen-bond acceptors (Lipinski definition) is 3. The lowest BCUT2D eigenvalue weighted by Gasteiger charge is -2.36. The van der Waals surface area contributed by atoms with Gasteiger partial charge in [0, 0.05) is 25.3 Å². The van der Waals surface area contributed by atoms with E-state index in [1.807, 2.05) is 13.2 Å². The third-order valence-electron chi connectivity index (χ3n) is 4.31. The van der Waals surface area contributed by atoms with E-state index in [-0.39, 0.29) is 0 Å². The Kier molecular flexibility index (Phi) is 5.34. The standard InChI is InChI=1S/C16H27N3/c1-13-6-4-5-7-16(13)19(3)12-15-9-8-14(10-17-2)11-18-15/h8-9,11,13,16-17H,4-7,10,12H2,1-3H3. The van der Waals surface area contributed by atoms with E-state index in [9.17, 15) is 0 Å². The first kappa shape index (κ1) is 14.5. The summed E-state index contributed by atoms with van der Waals surface area (Å²) < 4.78 is 0. The molecule has 0 spiro atoms. The van der Waals surface area contributed by atoms with Crippen LogP contribution in [0.4, 0.5) is 0 Å². The molecule has 3 heteroatoms. The van der Waals surface area contributed by atoms with Crippen molar-refractivity contribution in [3.8, 4) is 0 Å². The van der Waals surface area contributed by atoms with Crippen LogP contribution in [0.15, 0.2) is 18.3 Å². The molecule has 1 saturated carbocycles. The van der Waals surface area contributed by atoms with Crippen molar-refractivity contribution in [3.05, 3.63) is 29.6 Å². The minimum atomic E-state index is 0.729. The van der Waals surface area contributed by atoms with Gasteiger partial charge in [0.15, 0.2) is 0 Å². The van der Waals surface area contributed by atoms with Gasteiger partial charge in [0.2, 0.25) is 0 Å². The number of pyridine rings is 1. The summed E-state index contributed by atoms with van der Waals surface area (Å²) in [6.45, 7) is 4.25. The second-order valence-corrected chi connectivity index (χ2v) is 5.93. The summed E-state index contributed by atoms with van der Waals surface area (Å²) in [6.07, 6.45) is 7.50. The Morgan fingerprint density at radius 3 is 2.74 bits per heavy atom. The first-order valence-electron chi connectivity index (χ1n) is 7.49. The quantitative estimate of drug-likeness (QED) is 0.883. The van der Waals surface area contributed by atoms with E-state index < -0.39 is 0 Å². The summed E-state index contributed by atoms with van der Waals surface area (Å²) in [6, 6.07) is 5.07. The number of nitrogens with one attached hydrogen (secondary N) is 1. The Bertz CT molecular complexity index is 374. The molecule has 19 heavy (non-hydrogen) atoms. The van der Waals surface area contributed by atoms with Gasteiger partial charge in [0.25, 0.3) is 0 Å². The van der Waals surface area contributed by atoms with Crippen LogP contribution < -0.4 is 5.32 Å². The lowest BCUT2D eigenvalue weighted by molar-refractivity contribution is 0.132. The van der Waals surface area contributed by atoms with Crippen LogP contribution in [0.1, 0.15) is 43.9 Å². The molecule has 1 N–H and O–H groups in total. The largest absolute Gasteiger partial charge is 0.316 e. The molecule has 1 fully saturated rings. The van der Waals surface area contributed by atoms with Crippen LogP contribution >= 0.6 is 0 Å². The fraction of sp³-hybridized carbons (Fsp3) is 0.688. The highest BCUT2D eigenvalue weighted by molar-refractivity contribution is 5.14. The van der Waals surface area contributed by atoms with E-state index in [1.165, 1.54) is 36.9 Å². The monoisotopic (exact) mass is 261 g/mol. The van der Waals surface area contributed by atoms with E-state index in [0.717, 1.165) is 25.0 Å². The van der Waals surface area contributed by atoms with Crippen molar-refractivity contribution >= 4 is 0 Å². The van der Waals surface area contributed by atoms with Gasteiger partial charge < -0.3 is 5.32 Å². The minimum absolute atomic E-state index is 0.729. The van der Waals surface area contributed by atoms with Crippen LogP contribution in [0, 0.1) is 5.92 Å². The highest BCUT2D eigenvalue weighted by Gasteiger charge is 2.24. The predicted molar refractivity (Wildman–Crippen MR) is 79.9 cm³/mol. The Morgan fingerprint density at radius 1 is 1.32 bits per heavy atom. The maximum atomic E-state index is 4.58. The first-order valence-corrected chi connectivity index (χ1v) is 7.49. The number of aromatic nitrogens is 1.